The van der Waals surface area contributed by atoms with Crippen LogP contribution in [0, 0.1) is 0 Å². The van der Waals surface area contributed by atoms with Crippen LogP contribution in [0.1, 0.15) is 12.8 Å². The third kappa shape index (κ3) is 4.75. The van der Waals surface area contributed by atoms with Crippen LogP contribution in [-0.2, 0) is 0 Å². The highest BCUT2D eigenvalue weighted by atomic mass is 15.1. The number of hydrogen-bond donors (Lipinski definition) is 2. The number of nitrogens with two attached hydrogens (primary N) is 1. The average Bonchev–Trinajstić information content (AvgIpc) is 2.43. The number of amidine groups is 1. The summed E-state index contributed by atoms with van der Waals surface area (Å²) in [6.45, 7) is 2.21. The van der Waals surface area contributed by atoms with Crippen molar-refractivity contribution >= 4 is 11.5 Å². The highest BCUT2D eigenvalue weighted by Crippen LogP contribution is 2.11. The van der Waals surface area contributed by atoms with Gasteiger partial charge in [0.1, 0.15) is 5.84 Å². The summed E-state index contributed by atoms with van der Waals surface area (Å²) in [6.07, 6.45) is 5.85. The first-order chi connectivity index (χ1) is 9.24. The van der Waals surface area contributed by atoms with Crippen LogP contribution >= 0.6 is 0 Å². The molecule has 0 unspecified atom stereocenters. The molecule has 1 aliphatic rings. The Morgan fingerprint density at radius 1 is 1.32 bits per heavy atom. The van der Waals surface area contributed by atoms with Crippen LogP contribution in [0.2, 0.25) is 0 Å². The van der Waals surface area contributed by atoms with Gasteiger partial charge < -0.3 is 16.0 Å². The van der Waals surface area contributed by atoms with Gasteiger partial charge in [-0.15, -0.1) is 0 Å². The molecule has 1 heterocycles. The fraction of sp³-hybridized carbons (Fsp3) is 0.400. The molecule has 0 bridgehead atoms. The summed E-state index contributed by atoms with van der Waals surface area (Å²) in [5.41, 5.74) is 6.96. The Bertz CT molecular complexity index is 431. The maximum absolute atomic E-state index is 5.91. The molecule has 0 aliphatic carbocycles. The second-order valence-corrected chi connectivity index (χ2v) is 4.93. The summed E-state index contributed by atoms with van der Waals surface area (Å²) in [5, 5.41) is 3.17. The normalized spacial score (nSPS) is 18.9. The van der Waals surface area contributed by atoms with Crippen molar-refractivity contribution in [3.05, 3.63) is 42.6 Å². The Morgan fingerprint density at radius 3 is 2.68 bits per heavy atom. The lowest BCUT2D eigenvalue weighted by atomic mass is 10.1. The van der Waals surface area contributed by atoms with Crippen molar-refractivity contribution in [2.75, 3.05) is 25.5 Å². The third-order valence-electron chi connectivity index (χ3n) is 3.30. The van der Waals surface area contributed by atoms with Crippen LogP contribution < -0.4 is 11.1 Å². The molecule has 1 saturated heterocycles. The Hall–Kier alpha value is -1.81. The molecule has 0 saturated carbocycles. The lowest BCUT2D eigenvalue weighted by molar-refractivity contribution is 0.257. The smallest absolute Gasteiger partial charge is 0.119 e. The zero-order valence-corrected chi connectivity index (χ0v) is 11.4. The van der Waals surface area contributed by atoms with Gasteiger partial charge in [-0.1, -0.05) is 18.2 Å². The van der Waals surface area contributed by atoms with Crippen LogP contribution in [0.4, 0.5) is 5.69 Å². The molecule has 102 valence electrons. The van der Waals surface area contributed by atoms with Crippen molar-refractivity contribution in [1.29, 1.82) is 0 Å². The number of aliphatic imine (C=N–C) groups is 1. The SMILES string of the molecule is CN1CCC(N=C(N)/C=C\Nc2ccccc2)CC1. The van der Waals surface area contributed by atoms with E-state index in [1.54, 1.807) is 0 Å². The minimum Gasteiger partial charge on any atom is -0.384 e. The molecule has 1 aromatic rings. The molecular weight excluding hydrogens is 236 g/mol. The van der Waals surface area contributed by atoms with E-state index in [4.69, 9.17) is 5.73 Å². The van der Waals surface area contributed by atoms with Gasteiger partial charge in [0.15, 0.2) is 0 Å². The maximum atomic E-state index is 5.91. The largest absolute Gasteiger partial charge is 0.384 e. The topological polar surface area (TPSA) is 53.6 Å². The Labute approximate surface area is 115 Å². The lowest BCUT2D eigenvalue weighted by Gasteiger charge is -2.26. The summed E-state index contributed by atoms with van der Waals surface area (Å²) >= 11 is 0. The monoisotopic (exact) mass is 258 g/mol. The molecule has 0 aromatic heterocycles. The molecule has 0 radical (unpaired) electrons. The van der Waals surface area contributed by atoms with Gasteiger partial charge in [-0.2, -0.15) is 0 Å². The quantitative estimate of drug-likeness (QED) is 0.642. The van der Waals surface area contributed by atoms with Crippen molar-refractivity contribution < 1.29 is 0 Å². The van der Waals surface area contributed by atoms with E-state index >= 15 is 0 Å². The third-order valence-corrected chi connectivity index (χ3v) is 3.30. The number of benzene rings is 1. The Kier molecular flexibility index (Phi) is 4.98. The van der Waals surface area contributed by atoms with Gasteiger partial charge in [0.2, 0.25) is 0 Å². The number of hydrogen-bond acceptors (Lipinski definition) is 3. The fourth-order valence-corrected chi connectivity index (χ4v) is 2.14. The number of anilines is 1. The highest BCUT2D eigenvalue weighted by molar-refractivity contribution is 5.91. The number of para-hydroxylation sites is 1. The van der Waals surface area contributed by atoms with E-state index in [1.807, 2.05) is 42.6 Å². The van der Waals surface area contributed by atoms with Crippen molar-refractivity contribution in [2.24, 2.45) is 10.7 Å². The lowest BCUT2D eigenvalue weighted by Crippen LogP contribution is -2.33. The van der Waals surface area contributed by atoms with E-state index in [2.05, 4.69) is 22.3 Å². The van der Waals surface area contributed by atoms with Crippen LogP contribution in [0.25, 0.3) is 0 Å². The molecule has 4 nitrogen and oxygen atoms in total. The standard InChI is InChI=1S/C15H22N4/c1-19-11-8-14(9-12-19)18-15(16)7-10-17-13-5-3-2-4-6-13/h2-7,10,14,17H,8-9,11-12H2,1H3,(H2,16,18)/b10-7-. The molecule has 0 atom stereocenters. The molecule has 0 amide bonds. The summed E-state index contributed by atoms with van der Waals surface area (Å²) < 4.78 is 0. The zero-order chi connectivity index (χ0) is 13.5. The van der Waals surface area contributed by atoms with E-state index in [0.29, 0.717) is 11.9 Å². The van der Waals surface area contributed by atoms with E-state index in [-0.39, 0.29) is 0 Å². The van der Waals surface area contributed by atoms with E-state index in [0.717, 1.165) is 31.6 Å². The number of nitrogens with zero attached hydrogens (tertiary/aromatic N) is 2. The van der Waals surface area contributed by atoms with Crippen LogP contribution in [0.3, 0.4) is 0 Å². The Morgan fingerprint density at radius 2 is 2.00 bits per heavy atom. The molecule has 1 fully saturated rings. The predicted octanol–water partition coefficient (Wildman–Crippen LogP) is 2.06. The molecule has 0 spiro atoms. The van der Waals surface area contributed by atoms with Gasteiger partial charge in [-0.25, -0.2) is 0 Å². The first kappa shape index (κ1) is 13.6. The number of likely N-dealkylation sites (tertiary alicyclic amines) is 1. The van der Waals surface area contributed by atoms with Gasteiger partial charge in [-0.3, -0.25) is 4.99 Å². The first-order valence-electron chi connectivity index (χ1n) is 6.74. The highest BCUT2D eigenvalue weighted by Gasteiger charge is 2.15. The molecular formula is C15H22N4. The van der Waals surface area contributed by atoms with Gasteiger partial charge in [0.25, 0.3) is 0 Å². The summed E-state index contributed by atoms with van der Waals surface area (Å²) in [4.78, 5) is 6.87. The van der Waals surface area contributed by atoms with Gasteiger partial charge in [-0.05, 0) is 51.2 Å². The van der Waals surface area contributed by atoms with E-state index < -0.39 is 0 Å². The van der Waals surface area contributed by atoms with Gasteiger partial charge in [0.05, 0.1) is 6.04 Å². The molecule has 2 rings (SSSR count). The molecule has 4 heteroatoms. The van der Waals surface area contributed by atoms with Crippen molar-refractivity contribution in [1.82, 2.24) is 4.90 Å². The minimum absolute atomic E-state index is 0.373. The molecule has 19 heavy (non-hydrogen) atoms. The van der Waals surface area contributed by atoms with Crippen LogP contribution in [0.5, 0.6) is 0 Å². The average molecular weight is 258 g/mol. The fourth-order valence-electron chi connectivity index (χ4n) is 2.14. The van der Waals surface area contributed by atoms with E-state index in [9.17, 15) is 0 Å². The summed E-state index contributed by atoms with van der Waals surface area (Å²) in [7, 11) is 2.15. The summed E-state index contributed by atoms with van der Waals surface area (Å²) in [5.74, 6) is 0.595. The predicted molar refractivity (Wildman–Crippen MR) is 81.3 cm³/mol. The first-order valence-corrected chi connectivity index (χ1v) is 6.74. The number of piperidine rings is 1. The second kappa shape index (κ2) is 6.95. The van der Waals surface area contributed by atoms with Crippen molar-refractivity contribution in [2.45, 2.75) is 18.9 Å². The molecule has 3 N–H and O–H groups in total. The van der Waals surface area contributed by atoms with Crippen LogP contribution in [0.15, 0.2) is 47.6 Å². The number of nitrogens with one attached hydrogen (secondary N) is 1. The van der Waals surface area contributed by atoms with Crippen LogP contribution in [-0.4, -0.2) is 36.9 Å². The second-order valence-electron chi connectivity index (χ2n) is 4.93. The number of rotatable bonds is 4. The summed E-state index contributed by atoms with van der Waals surface area (Å²) in [6, 6.07) is 10.4. The molecule has 1 aromatic carbocycles. The molecule has 1 aliphatic heterocycles. The van der Waals surface area contributed by atoms with Gasteiger partial charge in [0, 0.05) is 11.9 Å². The van der Waals surface area contributed by atoms with Gasteiger partial charge >= 0.3 is 0 Å². The van der Waals surface area contributed by atoms with Crippen molar-refractivity contribution in [3.63, 3.8) is 0 Å². The van der Waals surface area contributed by atoms with Crippen molar-refractivity contribution in [3.8, 4) is 0 Å². The maximum Gasteiger partial charge on any atom is 0.119 e. The minimum atomic E-state index is 0.373. The van der Waals surface area contributed by atoms with E-state index in [1.165, 1.54) is 0 Å². The zero-order valence-electron chi connectivity index (χ0n) is 11.4. The Balaban J connectivity index is 1.81.